The Labute approximate surface area is 259 Å². The van der Waals surface area contributed by atoms with Gasteiger partial charge in [-0.2, -0.15) is 5.10 Å². The van der Waals surface area contributed by atoms with Crippen molar-refractivity contribution in [1.29, 1.82) is 0 Å². The number of hydrogen-bond donors (Lipinski definition) is 1. The number of carbonyl (C=O) groups is 1. The van der Waals surface area contributed by atoms with Crippen molar-refractivity contribution < 1.29 is 22.7 Å². The van der Waals surface area contributed by atoms with Crippen LogP contribution in [-0.2, 0) is 21.4 Å². The lowest BCUT2D eigenvalue weighted by Crippen LogP contribution is -2.39. The van der Waals surface area contributed by atoms with E-state index in [1.54, 1.807) is 54.6 Å². The lowest BCUT2D eigenvalue weighted by molar-refractivity contribution is -0.119. The van der Waals surface area contributed by atoms with Crippen LogP contribution in [0.4, 0.5) is 5.69 Å². The van der Waals surface area contributed by atoms with E-state index in [1.807, 2.05) is 32.0 Å². The molecule has 1 amide bonds. The lowest BCUT2D eigenvalue weighted by Gasteiger charge is -2.24. The first-order valence-electron chi connectivity index (χ1n) is 12.8. The number of methoxy groups -OCH3 is 1. The number of ether oxygens (including phenoxy) is 2. The summed E-state index contributed by atoms with van der Waals surface area (Å²) in [7, 11) is -2.51. The predicted molar refractivity (Wildman–Crippen MR) is 169 cm³/mol. The van der Waals surface area contributed by atoms with Crippen molar-refractivity contribution in [3.8, 4) is 11.5 Å². The zero-order chi connectivity index (χ0) is 30.3. The number of sulfonamides is 1. The highest BCUT2D eigenvalue weighted by atomic mass is 79.9. The van der Waals surface area contributed by atoms with Gasteiger partial charge in [0.25, 0.3) is 15.9 Å². The van der Waals surface area contributed by atoms with Crippen LogP contribution in [0, 0.1) is 13.8 Å². The fraction of sp³-hybridized carbons (Fsp3) is 0.161. The Balaban J connectivity index is 1.49. The van der Waals surface area contributed by atoms with Crippen molar-refractivity contribution in [3.63, 3.8) is 0 Å². The maximum Gasteiger partial charge on any atom is 0.264 e. The molecule has 0 aliphatic rings. The van der Waals surface area contributed by atoms with Crippen molar-refractivity contribution in [3.05, 3.63) is 117 Å². The smallest absolute Gasteiger partial charge is 0.264 e. The molecule has 0 saturated heterocycles. The van der Waals surface area contributed by atoms with E-state index in [1.165, 1.54) is 25.5 Å². The Morgan fingerprint density at radius 3 is 2.31 bits per heavy atom. The normalized spacial score (nSPS) is 11.4. The van der Waals surface area contributed by atoms with Gasteiger partial charge in [-0.15, -0.1) is 0 Å². The van der Waals surface area contributed by atoms with Crippen LogP contribution in [0.5, 0.6) is 11.5 Å². The SMILES string of the molecule is COc1cc(/C=N\NC(=O)CN(c2cc(C)cc(C)c2)S(=O)(=O)c2ccccc2)cc(Br)c1OCc1ccc(Cl)cc1. The predicted octanol–water partition coefficient (Wildman–Crippen LogP) is 6.65. The number of nitrogens with zero attached hydrogens (tertiary/aromatic N) is 2. The molecule has 0 bridgehead atoms. The number of anilines is 1. The third-order valence-electron chi connectivity index (χ3n) is 6.06. The molecule has 0 atom stereocenters. The van der Waals surface area contributed by atoms with Crippen LogP contribution in [0.25, 0.3) is 0 Å². The molecule has 42 heavy (non-hydrogen) atoms. The lowest BCUT2D eigenvalue weighted by atomic mass is 10.1. The quantitative estimate of drug-likeness (QED) is 0.142. The fourth-order valence-electron chi connectivity index (χ4n) is 4.16. The zero-order valence-electron chi connectivity index (χ0n) is 23.2. The highest BCUT2D eigenvalue weighted by Gasteiger charge is 2.27. The number of rotatable bonds is 11. The van der Waals surface area contributed by atoms with E-state index in [9.17, 15) is 13.2 Å². The topological polar surface area (TPSA) is 97.3 Å². The summed E-state index contributed by atoms with van der Waals surface area (Å²) in [6, 6.07) is 24.2. The first kappa shape index (κ1) is 31.1. The molecular weight excluding hydrogens is 642 g/mol. The zero-order valence-corrected chi connectivity index (χ0v) is 26.3. The van der Waals surface area contributed by atoms with Gasteiger partial charge >= 0.3 is 0 Å². The number of aryl methyl sites for hydroxylation is 2. The molecule has 0 spiro atoms. The summed E-state index contributed by atoms with van der Waals surface area (Å²) in [5.41, 5.74) is 6.11. The summed E-state index contributed by atoms with van der Waals surface area (Å²) < 4.78 is 40.3. The molecule has 0 aromatic heterocycles. The molecule has 4 aromatic rings. The minimum atomic E-state index is -4.03. The van der Waals surface area contributed by atoms with E-state index >= 15 is 0 Å². The van der Waals surface area contributed by atoms with Gasteiger partial charge in [0.1, 0.15) is 13.2 Å². The Kier molecular flexibility index (Phi) is 10.3. The number of nitrogens with one attached hydrogen (secondary N) is 1. The average molecular weight is 671 g/mol. The largest absolute Gasteiger partial charge is 0.493 e. The molecule has 0 saturated carbocycles. The van der Waals surface area contributed by atoms with Crippen LogP contribution in [-0.4, -0.2) is 34.2 Å². The van der Waals surface area contributed by atoms with Gasteiger partial charge in [-0.3, -0.25) is 9.10 Å². The number of amides is 1. The van der Waals surface area contributed by atoms with Gasteiger partial charge in [-0.25, -0.2) is 13.8 Å². The number of hydrogen-bond acceptors (Lipinski definition) is 6. The second kappa shape index (κ2) is 13.9. The van der Waals surface area contributed by atoms with Gasteiger partial charge < -0.3 is 9.47 Å². The first-order valence-corrected chi connectivity index (χ1v) is 15.4. The van der Waals surface area contributed by atoms with Crippen LogP contribution in [0.2, 0.25) is 5.02 Å². The molecule has 0 radical (unpaired) electrons. The maximum absolute atomic E-state index is 13.6. The van der Waals surface area contributed by atoms with Crippen molar-refractivity contribution in [2.45, 2.75) is 25.3 Å². The monoisotopic (exact) mass is 669 g/mol. The molecule has 1 N–H and O–H groups in total. The van der Waals surface area contributed by atoms with E-state index in [0.717, 1.165) is 21.0 Å². The van der Waals surface area contributed by atoms with Crippen LogP contribution in [0.1, 0.15) is 22.3 Å². The molecular formula is C31H29BrClN3O5S. The van der Waals surface area contributed by atoms with Gasteiger partial charge in [0, 0.05) is 5.02 Å². The summed E-state index contributed by atoms with van der Waals surface area (Å²) in [5, 5.41) is 4.69. The highest BCUT2D eigenvalue weighted by molar-refractivity contribution is 9.10. The molecule has 0 aliphatic carbocycles. The Morgan fingerprint density at radius 2 is 1.67 bits per heavy atom. The number of benzene rings is 4. The third kappa shape index (κ3) is 7.90. The molecule has 0 unspecified atom stereocenters. The Hall–Kier alpha value is -3.86. The second-order valence-corrected chi connectivity index (χ2v) is 12.6. The molecule has 4 aromatic carbocycles. The summed E-state index contributed by atoms with van der Waals surface area (Å²) >= 11 is 9.46. The average Bonchev–Trinajstić information content (AvgIpc) is 2.96. The summed E-state index contributed by atoms with van der Waals surface area (Å²) in [4.78, 5) is 13.0. The number of hydrazone groups is 1. The van der Waals surface area contributed by atoms with Gasteiger partial charge in [-0.05, 0) is 101 Å². The van der Waals surface area contributed by atoms with Crippen LogP contribution in [0.3, 0.4) is 0 Å². The van der Waals surface area contributed by atoms with Gasteiger partial charge in [0.2, 0.25) is 0 Å². The molecule has 11 heteroatoms. The molecule has 8 nitrogen and oxygen atoms in total. The standard InChI is InChI=1S/C31H29BrClN3O5S/c1-21-13-22(2)15-26(14-21)36(42(38,39)27-7-5-4-6-8-27)19-30(37)35-34-18-24-16-28(32)31(29(17-24)40-3)41-20-23-9-11-25(33)12-10-23/h4-18H,19-20H2,1-3H3,(H,35,37)/b34-18-. The number of carbonyl (C=O) groups excluding carboxylic acids is 1. The fourth-order valence-corrected chi connectivity index (χ4v) is 6.29. The van der Waals surface area contributed by atoms with E-state index in [0.29, 0.717) is 38.9 Å². The molecule has 0 aliphatic heterocycles. The Morgan fingerprint density at radius 1 is 1.00 bits per heavy atom. The first-order chi connectivity index (χ1) is 20.1. The van der Waals surface area contributed by atoms with Crippen LogP contribution in [0.15, 0.2) is 99.4 Å². The van der Waals surface area contributed by atoms with E-state index < -0.39 is 22.5 Å². The van der Waals surface area contributed by atoms with Crippen LogP contribution >= 0.6 is 27.5 Å². The highest BCUT2D eigenvalue weighted by Crippen LogP contribution is 2.37. The molecule has 218 valence electrons. The van der Waals surface area contributed by atoms with Crippen molar-refractivity contribution in [2.75, 3.05) is 18.0 Å². The maximum atomic E-state index is 13.6. The van der Waals surface area contributed by atoms with E-state index in [2.05, 4.69) is 26.5 Å². The minimum Gasteiger partial charge on any atom is -0.493 e. The molecule has 4 rings (SSSR count). The van der Waals surface area contributed by atoms with E-state index in [4.69, 9.17) is 21.1 Å². The van der Waals surface area contributed by atoms with E-state index in [-0.39, 0.29) is 4.90 Å². The second-order valence-electron chi connectivity index (χ2n) is 9.41. The summed E-state index contributed by atoms with van der Waals surface area (Å²) in [6.45, 7) is 3.57. The molecule has 0 fully saturated rings. The minimum absolute atomic E-state index is 0.0794. The number of halogens is 2. The van der Waals surface area contributed by atoms with Gasteiger partial charge in [0.05, 0.1) is 28.4 Å². The summed E-state index contributed by atoms with van der Waals surface area (Å²) in [5.74, 6) is 0.351. The van der Waals surface area contributed by atoms with Gasteiger partial charge in [0.15, 0.2) is 11.5 Å². The third-order valence-corrected chi connectivity index (χ3v) is 8.69. The van der Waals surface area contributed by atoms with Crippen molar-refractivity contribution in [1.82, 2.24) is 5.43 Å². The summed E-state index contributed by atoms with van der Waals surface area (Å²) in [6.07, 6.45) is 1.43. The van der Waals surface area contributed by atoms with Crippen molar-refractivity contribution in [2.24, 2.45) is 5.10 Å². The van der Waals surface area contributed by atoms with Crippen molar-refractivity contribution >= 4 is 55.4 Å². The molecule has 0 heterocycles. The van der Waals surface area contributed by atoms with Gasteiger partial charge in [-0.1, -0.05) is 48.0 Å². The Bertz CT molecular complexity index is 1680. The van der Waals surface area contributed by atoms with Crippen LogP contribution < -0.4 is 19.2 Å².